The third kappa shape index (κ3) is 4.38. The van der Waals surface area contributed by atoms with Crippen LogP contribution in [0.15, 0.2) is 18.2 Å². The van der Waals surface area contributed by atoms with E-state index in [9.17, 15) is 13.9 Å². The van der Waals surface area contributed by atoms with E-state index in [1.165, 1.54) is 12.1 Å². The summed E-state index contributed by atoms with van der Waals surface area (Å²) in [6.45, 7) is 3.07. The first-order valence-corrected chi connectivity index (χ1v) is 5.44. The first-order valence-electron chi connectivity index (χ1n) is 5.44. The van der Waals surface area contributed by atoms with Gasteiger partial charge in [-0.15, -0.1) is 0 Å². The van der Waals surface area contributed by atoms with E-state index in [1.807, 2.05) is 6.92 Å². The highest BCUT2D eigenvalue weighted by atomic mass is 19.2. The molecule has 1 atom stereocenters. The molecule has 5 heteroatoms. The molecule has 0 aliphatic heterocycles. The third-order valence-corrected chi connectivity index (χ3v) is 2.19. The number of aliphatic hydroxyl groups excluding tert-OH is 1. The molecule has 17 heavy (non-hydrogen) atoms. The molecule has 0 heterocycles. The van der Waals surface area contributed by atoms with Crippen molar-refractivity contribution in [1.82, 2.24) is 0 Å². The largest absolute Gasteiger partial charge is 0.386 e. The monoisotopic (exact) mass is 246 g/mol. The minimum Gasteiger partial charge on any atom is -0.386 e. The van der Waals surface area contributed by atoms with E-state index in [0.29, 0.717) is 19.8 Å². The fourth-order valence-electron chi connectivity index (χ4n) is 1.32. The van der Waals surface area contributed by atoms with E-state index >= 15 is 0 Å². The standard InChI is InChI=1S/C12H16F2O3/c1-2-16-6-7-17-8-11(15)9-4-3-5-10(13)12(9)14/h3-5,11,15H,2,6-8H2,1H3. The van der Waals surface area contributed by atoms with Gasteiger partial charge < -0.3 is 14.6 Å². The zero-order valence-corrected chi connectivity index (χ0v) is 9.66. The molecule has 0 spiro atoms. The van der Waals surface area contributed by atoms with Crippen molar-refractivity contribution >= 4 is 0 Å². The number of benzene rings is 1. The first kappa shape index (κ1) is 14.0. The Balaban J connectivity index is 2.41. The summed E-state index contributed by atoms with van der Waals surface area (Å²) in [5.41, 5.74) is -0.0959. The van der Waals surface area contributed by atoms with Gasteiger partial charge in [0.2, 0.25) is 0 Å². The van der Waals surface area contributed by atoms with Crippen molar-refractivity contribution < 1.29 is 23.4 Å². The van der Waals surface area contributed by atoms with Gasteiger partial charge in [0.15, 0.2) is 11.6 Å². The molecule has 1 aromatic rings. The normalized spacial score (nSPS) is 12.7. The average Bonchev–Trinajstić information content (AvgIpc) is 2.32. The lowest BCUT2D eigenvalue weighted by atomic mass is 10.1. The zero-order chi connectivity index (χ0) is 12.7. The molecule has 0 aliphatic carbocycles. The van der Waals surface area contributed by atoms with Crippen LogP contribution in [0.1, 0.15) is 18.6 Å². The number of ether oxygens (including phenoxy) is 2. The zero-order valence-electron chi connectivity index (χ0n) is 9.66. The summed E-state index contributed by atoms with van der Waals surface area (Å²) < 4.78 is 36.3. The lowest BCUT2D eigenvalue weighted by Crippen LogP contribution is -2.12. The van der Waals surface area contributed by atoms with Gasteiger partial charge in [-0.3, -0.25) is 0 Å². The van der Waals surface area contributed by atoms with Crippen LogP contribution in [0, 0.1) is 11.6 Å². The van der Waals surface area contributed by atoms with Gasteiger partial charge in [0.25, 0.3) is 0 Å². The van der Waals surface area contributed by atoms with Gasteiger partial charge in [0.05, 0.1) is 19.8 Å². The fourth-order valence-corrected chi connectivity index (χ4v) is 1.32. The summed E-state index contributed by atoms with van der Waals surface area (Å²) >= 11 is 0. The van der Waals surface area contributed by atoms with E-state index in [-0.39, 0.29) is 12.2 Å². The lowest BCUT2D eigenvalue weighted by molar-refractivity contribution is 0.00406. The molecule has 3 nitrogen and oxygen atoms in total. The summed E-state index contributed by atoms with van der Waals surface area (Å²) in [4.78, 5) is 0. The van der Waals surface area contributed by atoms with Gasteiger partial charge >= 0.3 is 0 Å². The summed E-state index contributed by atoms with van der Waals surface area (Å²) in [6.07, 6.45) is -1.17. The number of aliphatic hydroxyl groups is 1. The van der Waals surface area contributed by atoms with E-state index in [1.54, 1.807) is 0 Å². The van der Waals surface area contributed by atoms with Gasteiger partial charge in [-0.25, -0.2) is 8.78 Å². The van der Waals surface area contributed by atoms with Crippen LogP contribution in [0.2, 0.25) is 0 Å². The number of hydrogen-bond donors (Lipinski definition) is 1. The highest BCUT2D eigenvalue weighted by molar-refractivity contribution is 5.21. The molecule has 96 valence electrons. The number of halogens is 2. The predicted octanol–water partition coefficient (Wildman–Crippen LogP) is 2.05. The molecule has 0 bridgehead atoms. The highest BCUT2D eigenvalue weighted by Crippen LogP contribution is 2.19. The summed E-state index contributed by atoms with van der Waals surface area (Å²) in [5.74, 6) is -2.01. The summed E-state index contributed by atoms with van der Waals surface area (Å²) in [5, 5.41) is 9.61. The molecule has 1 unspecified atom stereocenters. The van der Waals surface area contributed by atoms with E-state index in [2.05, 4.69) is 0 Å². The van der Waals surface area contributed by atoms with Crippen LogP contribution in [0.5, 0.6) is 0 Å². The van der Waals surface area contributed by atoms with Crippen molar-refractivity contribution in [3.05, 3.63) is 35.4 Å². The SMILES string of the molecule is CCOCCOCC(O)c1cccc(F)c1F. The minimum absolute atomic E-state index is 0.0898. The van der Waals surface area contributed by atoms with Crippen molar-refractivity contribution in [3.8, 4) is 0 Å². The Kier molecular flexibility index (Phi) is 6.04. The molecule has 0 aromatic heterocycles. The molecule has 0 fully saturated rings. The molecule has 0 saturated carbocycles. The Morgan fingerprint density at radius 2 is 1.94 bits per heavy atom. The van der Waals surface area contributed by atoms with Gasteiger partial charge in [0, 0.05) is 12.2 Å². The highest BCUT2D eigenvalue weighted by Gasteiger charge is 2.15. The van der Waals surface area contributed by atoms with Crippen LogP contribution >= 0.6 is 0 Å². The Morgan fingerprint density at radius 3 is 2.65 bits per heavy atom. The average molecular weight is 246 g/mol. The van der Waals surface area contributed by atoms with Crippen LogP contribution in [0.25, 0.3) is 0 Å². The number of rotatable bonds is 7. The van der Waals surface area contributed by atoms with Crippen LogP contribution < -0.4 is 0 Å². The van der Waals surface area contributed by atoms with E-state index in [4.69, 9.17) is 9.47 Å². The Hall–Kier alpha value is -1.04. The fraction of sp³-hybridized carbons (Fsp3) is 0.500. The number of hydrogen-bond acceptors (Lipinski definition) is 3. The molecule has 0 saturated heterocycles. The molecular formula is C12H16F2O3. The van der Waals surface area contributed by atoms with Crippen LogP contribution in [-0.2, 0) is 9.47 Å². The summed E-state index contributed by atoms with van der Waals surface area (Å²) in [7, 11) is 0. The Bertz CT molecular complexity index is 345. The predicted molar refractivity (Wildman–Crippen MR) is 58.6 cm³/mol. The van der Waals surface area contributed by atoms with E-state index in [0.717, 1.165) is 6.07 Å². The molecular weight excluding hydrogens is 230 g/mol. The maximum atomic E-state index is 13.3. The third-order valence-electron chi connectivity index (χ3n) is 2.19. The maximum Gasteiger partial charge on any atom is 0.164 e. The molecule has 1 rings (SSSR count). The van der Waals surface area contributed by atoms with Crippen LogP contribution in [0.4, 0.5) is 8.78 Å². The second-order valence-corrected chi connectivity index (χ2v) is 3.43. The molecule has 0 amide bonds. The van der Waals surface area contributed by atoms with Gasteiger partial charge in [-0.05, 0) is 13.0 Å². The Labute approximate surface area is 99.0 Å². The topological polar surface area (TPSA) is 38.7 Å². The first-order chi connectivity index (χ1) is 8.16. The molecule has 1 N–H and O–H groups in total. The van der Waals surface area contributed by atoms with Crippen molar-refractivity contribution in [2.24, 2.45) is 0 Å². The molecule has 0 aliphatic rings. The van der Waals surface area contributed by atoms with E-state index < -0.39 is 17.7 Å². The maximum absolute atomic E-state index is 13.3. The Morgan fingerprint density at radius 1 is 1.24 bits per heavy atom. The van der Waals surface area contributed by atoms with Crippen molar-refractivity contribution in [3.63, 3.8) is 0 Å². The van der Waals surface area contributed by atoms with Crippen molar-refractivity contribution in [2.75, 3.05) is 26.4 Å². The minimum atomic E-state index is -1.17. The van der Waals surface area contributed by atoms with Crippen molar-refractivity contribution in [2.45, 2.75) is 13.0 Å². The second-order valence-electron chi connectivity index (χ2n) is 3.43. The summed E-state index contributed by atoms with van der Waals surface area (Å²) in [6, 6.07) is 3.67. The van der Waals surface area contributed by atoms with Gasteiger partial charge in [-0.2, -0.15) is 0 Å². The smallest absolute Gasteiger partial charge is 0.164 e. The molecule has 0 radical (unpaired) electrons. The van der Waals surface area contributed by atoms with Crippen LogP contribution in [-0.4, -0.2) is 31.5 Å². The van der Waals surface area contributed by atoms with Gasteiger partial charge in [-0.1, -0.05) is 12.1 Å². The van der Waals surface area contributed by atoms with Gasteiger partial charge in [0.1, 0.15) is 6.10 Å². The van der Waals surface area contributed by atoms with Crippen molar-refractivity contribution in [1.29, 1.82) is 0 Å². The van der Waals surface area contributed by atoms with Crippen LogP contribution in [0.3, 0.4) is 0 Å². The second kappa shape index (κ2) is 7.32. The lowest BCUT2D eigenvalue weighted by Gasteiger charge is -2.12. The quantitative estimate of drug-likeness (QED) is 0.748. The molecule has 1 aromatic carbocycles.